The maximum Gasteiger partial charge on any atom is 0.338 e. The quantitative estimate of drug-likeness (QED) is 0.307. The Morgan fingerprint density at radius 3 is 2.58 bits per heavy atom. The molecule has 3 aromatic rings. The van der Waals surface area contributed by atoms with Crippen LogP contribution in [0.25, 0.3) is 6.08 Å². The highest BCUT2D eigenvalue weighted by Crippen LogP contribution is 2.36. The summed E-state index contributed by atoms with van der Waals surface area (Å²) in [5, 5.41) is 0. The molecule has 0 unspecified atom stereocenters. The molecule has 0 spiro atoms. The number of hydrogen-bond acceptors (Lipinski definition) is 8. The number of aryl methyl sites for hydroxylation is 1. The monoisotopic (exact) mass is 536 g/mol. The number of para-hydroxylation sites is 1. The molecular weight excluding hydrogens is 504 g/mol. The van der Waals surface area contributed by atoms with Crippen LogP contribution in [0.3, 0.4) is 0 Å². The summed E-state index contributed by atoms with van der Waals surface area (Å²) in [5.41, 5.74) is 3.09. The summed E-state index contributed by atoms with van der Waals surface area (Å²) < 4.78 is 24.0. The number of methoxy groups -OCH3 is 2. The molecule has 1 aromatic heterocycles. The number of thiazole rings is 1. The molecule has 1 aliphatic heterocycles. The molecule has 0 fully saturated rings. The highest BCUT2D eigenvalue weighted by atomic mass is 32.1. The molecule has 0 saturated carbocycles. The van der Waals surface area contributed by atoms with Crippen LogP contribution >= 0.6 is 11.3 Å². The van der Waals surface area contributed by atoms with Gasteiger partial charge in [-0.2, -0.15) is 0 Å². The molecule has 0 bridgehead atoms. The van der Waals surface area contributed by atoms with Gasteiger partial charge in [-0.15, -0.1) is 0 Å². The first-order chi connectivity index (χ1) is 18.2. The van der Waals surface area contributed by atoms with Crippen molar-refractivity contribution in [2.75, 3.05) is 27.4 Å². The summed E-state index contributed by atoms with van der Waals surface area (Å²) in [6.07, 6.45) is 1.74. The standard InChI is InChI=1S/C29H32N2O6S/c1-17(2)37-23-10-8-7-9-22(23)26-25(28(33)36-14-13-34-5)19(4)30-29-31(26)27(32)24(38-29)16-20-11-12-21(35-6)15-18(20)3/h7-12,15-17,26H,13-14H2,1-6H3/b24-16+/t26-/m0/s1. The summed E-state index contributed by atoms with van der Waals surface area (Å²) in [6, 6.07) is 12.4. The van der Waals surface area contributed by atoms with E-state index in [-0.39, 0.29) is 24.9 Å². The van der Waals surface area contributed by atoms with Crippen molar-refractivity contribution in [3.05, 3.63) is 90.1 Å². The van der Waals surface area contributed by atoms with Gasteiger partial charge in [0.25, 0.3) is 5.56 Å². The third-order valence-corrected chi connectivity index (χ3v) is 7.08. The van der Waals surface area contributed by atoms with Crippen LogP contribution in [-0.4, -0.2) is 44.1 Å². The zero-order valence-electron chi connectivity index (χ0n) is 22.4. The van der Waals surface area contributed by atoms with Gasteiger partial charge >= 0.3 is 5.97 Å². The molecule has 0 radical (unpaired) electrons. The van der Waals surface area contributed by atoms with Gasteiger partial charge in [-0.25, -0.2) is 9.79 Å². The molecule has 8 nitrogen and oxygen atoms in total. The van der Waals surface area contributed by atoms with Gasteiger partial charge in [-0.3, -0.25) is 9.36 Å². The lowest BCUT2D eigenvalue weighted by Crippen LogP contribution is -2.40. The van der Waals surface area contributed by atoms with E-state index >= 15 is 0 Å². The number of hydrogen-bond donors (Lipinski definition) is 0. The van der Waals surface area contributed by atoms with Crippen molar-refractivity contribution in [2.24, 2.45) is 4.99 Å². The first kappa shape index (κ1) is 27.3. The average molecular weight is 537 g/mol. The number of nitrogens with zero attached hydrogens (tertiary/aromatic N) is 2. The number of carbonyl (C=O) groups excluding carboxylic acids is 1. The first-order valence-corrected chi connectivity index (χ1v) is 13.2. The van der Waals surface area contributed by atoms with Crippen molar-refractivity contribution in [3.8, 4) is 11.5 Å². The number of rotatable bonds is 9. The number of allylic oxidation sites excluding steroid dienone is 1. The fourth-order valence-corrected chi connectivity index (χ4v) is 5.36. The molecular formula is C29H32N2O6S. The third kappa shape index (κ3) is 5.58. The topological polar surface area (TPSA) is 88.4 Å². The van der Waals surface area contributed by atoms with Gasteiger partial charge in [0.2, 0.25) is 0 Å². The lowest BCUT2D eigenvalue weighted by atomic mass is 9.95. The molecule has 4 rings (SSSR count). The molecule has 38 heavy (non-hydrogen) atoms. The van der Waals surface area contributed by atoms with Gasteiger partial charge in [-0.1, -0.05) is 35.6 Å². The van der Waals surface area contributed by atoms with Crippen LogP contribution in [0.1, 0.15) is 43.5 Å². The van der Waals surface area contributed by atoms with Gasteiger partial charge in [-0.05, 0) is 63.1 Å². The number of benzene rings is 2. The second kappa shape index (κ2) is 11.8. The molecule has 1 aliphatic rings. The van der Waals surface area contributed by atoms with Crippen LogP contribution in [0.5, 0.6) is 11.5 Å². The second-order valence-corrected chi connectivity index (χ2v) is 10.1. The molecule has 2 heterocycles. The first-order valence-electron chi connectivity index (χ1n) is 12.3. The maximum atomic E-state index is 13.9. The molecule has 0 amide bonds. The van der Waals surface area contributed by atoms with Gasteiger partial charge in [0.15, 0.2) is 4.80 Å². The van der Waals surface area contributed by atoms with E-state index < -0.39 is 12.0 Å². The van der Waals surface area contributed by atoms with Crippen molar-refractivity contribution in [1.29, 1.82) is 0 Å². The van der Waals surface area contributed by atoms with Crippen molar-refractivity contribution in [1.82, 2.24) is 4.57 Å². The summed E-state index contributed by atoms with van der Waals surface area (Å²) >= 11 is 1.28. The molecule has 0 aliphatic carbocycles. The Bertz CT molecular complexity index is 1550. The Morgan fingerprint density at radius 1 is 1.13 bits per heavy atom. The fraction of sp³-hybridized carbons (Fsp3) is 0.345. The van der Waals surface area contributed by atoms with Crippen molar-refractivity contribution < 1.29 is 23.7 Å². The second-order valence-electron chi connectivity index (χ2n) is 9.14. The van der Waals surface area contributed by atoms with Gasteiger partial charge < -0.3 is 18.9 Å². The summed E-state index contributed by atoms with van der Waals surface area (Å²) in [7, 11) is 3.16. The minimum Gasteiger partial charge on any atom is -0.497 e. The Hall–Kier alpha value is -3.69. The van der Waals surface area contributed by atoms with Gasteiger partial charge in [0, 0.05) is 12.7 Å². The Balaban J connectivity index is 1.93. The van der Waals surface area contributed by atoms with Gasteiger partial charge in [0.05, 0.1) is 35.6 Å². The number of carbonyl (C=O) groups is 1. The lowest BCUT2D eigenvalue weighted by Gasteiger charge is -2.27. The van der Waals surface area contributed by atoms with Gasteiger partial charge in [0.1, 0.15) is 24.1 Å². The van der Waals surface area contributed by atoms with E-state index in [1.54, 1.807) is 18.6 Å². The normalized spacial score (nSPS) is 15.3. The van der Waals surface area contributed by atoms with Crippen LogP contribution < -0.4 is 24.4 Å². The minimum atomic E-state index is -0.768. The molecule has 1 atom stereocenters. The van der Waals surface area contributed by atoms with Crippen LogP contribution in [0.15, 0.2) is 63.5 Å². The summed E-state index contributed by atoms with van der Waals surface area (Å²) in [4.78, 5) is 32.4. The van der Waals surface area contributed by atoms with Crippen molar-refractivity contribution in [3.63, 3.8) is 0 Å². The van der Waals surface area contributed by atoms with E-state index in [0.29, 0.717) is 31.9 Å². The molecule has 9 heteroatoms. The number of aromatic nitrogens is 1. The van der Waals surface area contributed by atoms with E-state index in [4.69, 9.17) is 18.9 Å². The molecule has 0 saturated heterocycles. The number of ether oxygens (including phenoxy) is 4. The van der Waals surface area contributed by atoms with E-state index in [2.05, 4.69) is 4.99 Å². The van der Waals surface area contributed by atoms with E-state index in [0.717, 1.165) is 16.9 Å². The Kier molecular flexibility index (Phi) is 8.48. The summed E-state index contributed by atoms with van der Waals surface area (Å²) in [6.45, 7) is 7.93. The van der Waals surface area contributed by atoms with E-state index in [1.165, 1.54) is 18.4 Å². The Morgan fingerprint density at radius 2 is 1.89 bits per heavy atom. The third-order valence-electron chi connectivity index (χ3n) is 6.10. The molecule has 0 N–H and O–H groups in total. The van der Waals surface area contributed by atoms with E-state index in [1.807, 2.05) is 69.3 Å². The van der Waals surface area contributed by atoms with Crippen LogP contribution in [0.2, 0.25) is 0 Å². The summed E-state index contributed by atoms with van der Waals surface area (Å²) in [5.74, 6) is 0.785. The molecule has 200 valence electrons. The fourth-order valence-electron chi connectivity index (χ4n) is 4.32. The minimum absolute atomic E-state index is 0.0874. The predicted molar refractivity (Wildman–Crippen MR) is 147 cm³/mol. The maximum absolute atomic E-state index is 13.9. The van der Waals surface area contributed by atoms with Crippen LogP contribution in [0, 0.1) is 6.92 Å². The lowest BCUT2D eigenvalue weighted by molar-refractivity contribution is -0.140. The highest BCUT2D eigenvalue weighted by Gasteiger charge is 2.35. The van der Waals surface area contributed by atoms with Crippen LogP contribution in [0.4, 0.5) is 0 Å². The van der Waals surface area contributed by atoms with Crippen molar-refractivity contribution in [2.45, 2.75) is 39.8 Å². The van der Waals surface area contributed by atoms with Crippen LogP contribution in [-0.2, 0) is 14.3 Å². The number of esters is 1. The van der Waals surface area contributed by atoms with E-state index in [9.17, 15) is 9.59 Å². The highest BCUT2D eigenvalue weighted by molar-refractivity contribution is 7.07. The number of fused-ring (bicyclic) bond motifs is 1. The SMILES string of the molecule is COCCOC(=O)C1=C(C)N=c2s/c(=C/c3ccc(OC)cc3C)c(=O)n2[C@H]1c1ccccc1OC(C)C. The van der Waals surface area contributed by atoms with Crippen molar-refractivity contribution >= 4 is 23.4 Å². The predicted octanol–water partition coefficient (Wildman–Crippen LogP) is 3.53. The largest absolute Gasteiger partial charge is 0.497 e. The average Bonchev–Trinajstić information content (AvgIpc) is 3.18. The Labute approximate surface area is 225 Å². The smallest absolute Gasteiger partial charge is 0.338 e. The zero-order chi connectivity index (χ0) is 27.4. The zero-order valence-corrected chi connectivity index (χ0v) is 23.3. The molecule has 2 aromatic carbocycles.